The maximum atomic E-state index is 11.6. The lowest BCUT2D eigenvalue weighted by molar-refractivity contribution is -0.139. The number of aromatic amines is 1. The summed E-state index contributed by atoms with van der Waals surface area (Å²) in [5.41, 5.74) is 0.645. The molecule has 1 atom stereocenters. The fourth-order valence-corrected chi connectivity index (χ4v) is 1.58. The molecule has 1 aromatic rings. The topological polar surface area (TPSA) is 107 Å². The van der Waals surface area contributed by atoms with Gasteiger partial charge in [-0.2, -0.15) is 0 Å². The molecule has 0 aromatic carbocycles. The number of hydrogen-bond acceptors (Lipinski definition) is 3. The molecule has 1 heterocycles. The summed E-state index contributed by atoms with van der Waals surface area (Å²) < 4.78 is 0. The third kappa shape index (κ3) is 5.91. The SMILES string of the molecule is C#CCCCCNC(=O)N[C@@H](Cc1cnc[nH]1)C(=O)O. The summed E-state index contributed by atoms with van der Waals surface area (Å²) in [6, 6.07) is -1.50. The van der Waals surface area contributed by atoms with Crippen LogP contribution in [-0.2, 0) is 11.2 Å². The van der Waals surface area contributed by atoms with Gasteiger partial charge in [-0.1, -0.05) is 0 Å². The number of rotatable bonds is 8. The lowest BCUT2D eigenvalue weighted by Gasteiger charge is -2.14. The molecule has 0 fully saturated rings. The van der Waals surface area contributed by atoms with Gasteiger partial charge in [-0.3, -0.25) is 0 Å². The minimum atomic E-state index is -1.10. The van der Waals surface area contributed by atoms with Gasteiger partial charge < -0.3 is 20.7 Å². The number of carboxylic acids is 1. The van der Waals surface area contributed by atoms with E-state index < -0.39 is 18.0 Å². The number of amides is 2. The number of imidazole rings is 1. The van der Waals surface area contributed by atoms with E-state index in [0.717, 1.165) is 12.8 Å². The Balaban J connectivity index is 2.32. The van der Waals surface area contributed by atoms with Crippen molar-refractivity contribution in [2.24, 2.45) is 0 Å². The van der Waals surface area contributed by atoms with E-state index in [0.29, 0.717) is 18.7 Å². The average Bonchev–Trinajstić information content (AvgIpc) is 2.90. The summed E-state index contributed by atoms with van der Waals surface area (Å²) in [4.78, 5) is 29.2. The molecule has 0 unspecified atom stereocenters. The van der Waals surface area contributed by atoms with Gasteiger partial charge in [0.2, 0.25) is 0 Å². The van der Waals surface area contributed by atoms with Crippen molar-refractivity contribution in [2.45, 2.75) is 31.7 Å². The van der Waals surface area contributed by atoms with Gasteiger partial charge >= 0.3 is 12.0 Å². The Morgan fingerprint density at radius 1 is 1.50 bits per heavy atom. The first-order valence-corrected chi connectivity index (χ1v) is 6.31. The van der Waals surface area contributed by atoms with Crippen molar-refractivity contribution in [3.05, 3.63) is 18.2 Å². The van der Waals surface area contributed by atoms with E-state index in [1.54, 1.807) is 0 Å². The van der Waals surface area contributed by atoms with Crippen LogP contribution in [0.2, 0.25) is 0 Å². The standard InChI is InChI=1S/C13H18N4O3/c1-2-3-4-5-6-15-13(20)17-11(12(18)19)7-10-8-14-9-16-10/h1,8-9,11H,3-7H2,(H,14,16)(H,18,19)(H2,15,17,20)/t11-/m0/s1. The van der Waals surface area contributed by atoms with E-state index in [1.807, 2.05) is 0 Å². The van der Waals surface area contributed by atoms with Crippen LogP contribution in [0, 0.1) is 12.3 Å². The maximum absolute atomic E-state index is 11.6. The van der Waals surface area contributed by atoms with Crippen molar-refractivity contribution in [3.8, 4) is 12.3 Å². The second-order valence-corrected chi connectivity index (χ2v) is 4.23. The molecule has 1 aromatic heterocycles. The molecule has 108 valence electrons. The van der Waals surface area contributed by atoms with Crippen LogP contribution in [0.5, 0.6) is 0 Å². The third-order valence-electron chi connectivity index (χ3n) is 2.62. The molecule has 0 aliphatic heterocycles. The summed E-state index contributed by atoms with van der Waals surface area (Å²) >= 11 is 0. The third-order valence-corrected chi connectivity index (χ3v) is 2.62. The first-order chi connectivity index (χ1) is 9.63. The largest absolute Gasteiger partial charge is 0.480 e. The number of nitrogens with one attached hydrogen (secondary N) is 3. The number of carboxylic acid groups (broad SMARTS) is 1. The van der Waals surface area contributed by atoms with Gasteiger partial charge in [0.05, 0.1) is 6.33 Å². The Bertz CT molecular complexity index is 464. The van der Waals surface area contributed by atoms with Gasteiger partial charge in [-0.25, -0.2) is 14.6 Å². The summed E-state index contributed by atoms with van der Waals surface area (Å²) in [7, 11) is 0. The number of nitrogens with zero attached hydrogens (tertiary/aromatic N) is 1. The molecule has 20 heavy (non-hydrogen) atoms. The number of terminal acetylenes is 1. The van der Waals surface area contributed by atoms with E-state index >= 15 is 0 Å². The highest BCUT2D eigenvalue weighted by Gasteiger charge is 2.20. The van der Waals surface area contributed by atoms with Crippen molar-refractivity contribution in [1.82, 2.24) is 20.6 Å². The Morgan fingerprint density at radius 3 is 2.90 bits per heavy atom. The van der Waals surface area contributed by atoms with E-state index in [-0.39, 0.29) is 6.42 Å². The van der Waals surface area contributed by atoms with Gasteiger partial charge in [0.1, 0.15) is 6.04 Å². The van der Waals surface area contributed by atoms with Crippen LogP contribution in [0.15, 0.2) is 12.5 Å². The molecule has 1 rings (SSSR count). The van der Waals surface area contributed by atoms with Gasteiger partial charge in [0.15, 0.2) is 0 Å². The normalized spacial score (nSPS) is 11.3. The first kappa shape index (κ1) is 15.6. The molecule has 0 radical (unpaired) electrons. The summed E-state index contributed by atoms with van der Waals surface area (Å²) in [5, 5.41) is 14.1. The molecular weight excluding hydrogens is 260 g/mol. The van der Waals surface area contributed by atoms with Crippen molar-refractivity contribution in [3.63, 3.8) is 0 Å². The molecule has 2 amide bonds. The van der Waals surface area contributed by atoms with Gasteiger partial charge in [-0.05, 0) is 12.8 Å². The number of H-pyrrole nitrogens is 1. The highest BCUT2D eigenvalue weighted by Crippen LogP contribution is 1.99. The molecule has 0 spiro atoms. The van der Waals surface area contributed by atoms with E-state index in [2.05, 4.69) is 26.5 Å². The zero-order chi connectivity index (χ0) is 14.8. The fourth-order valence-electron chi connectivity index (χ4n) is 1.58. The number of carbonyl (C=O) groups is 2. The smallest absolute Gasteiger partial charge is 0.326 e. The molecule has 0 saturated heterocycles. The minimum Gasteiger partial charge on any atom is -0.480 e. The molecule has 4 N–H and O–H groups in total. The van der Waals surface area contributed by atoms with Gasteiger partial charge in [0.25, 0.3) is 0 Å². The Labute approximate surface area is 117 Å². The van der Waals surface area contributed by atoms with Crippen LogP contribution in [0.25, 0.3) is 0 Å². The Morgan fingerprint density at radius 2 is 2.30 bits per heavy atom. The van der Waals surface area contributed by atoms with Crippen molar-refractivity contribution >= 4 is 12.0 Å². The number of unbranched alkanes of at least 4 members (excludes halogenated alkanes) is 2. The number of urea groups is 1. The summed E-state index contributed by atoms with van der Waals surface area (Å²) in [6.45, 7) is 0.462. The van der Waals surface area contributed by atoms with E-state index in [9.17, 15) is 9.59 Å². The predicted molar refractivity (Wildman–Crippen MR) is 72.9 cm³/mol. The zero-order valence-corrected chi connectivity index (χ0v) is 11.1. The van der Waals surface area contributed by atoms with Crippen LogP contribution in [0.3, 0.4) is 0 Å². The van der Waals surface area contributed by atoms with E-state index in [1.165, 1.54) is 12.5 Å². The number of hydrogen-bond donors (Lipinski definition) is 4. The van der Waals surface area contributed by atoms with Crippen LogP contribution in [0.4, 0.5) is 4.79 Å². The van der Waals surface area contributed by atoms with E-state index in [4.69, 9.17) is 11.5 Å². The zero-order valence-electron chi connectivity index (χ0n) is 11.1. The maximum Gasteiger partial charge on any atom is 0.326 e. The predicted octanol–water partition coefficient (Wildman–Crippen LogP) is 0.508. The Hall–Kier alpha value is -2.49. The average molecular weight is 278 g/mol. The second kappa shape index (κ2) is 8.58. The number of aliphatic carboxylic acids is 1. The molecule has 0 aliphatic rings. The van der Waals surface area contributed by atoms with Gasteiger partial charge in [-0.15, -0.1) is 12.3 Å². The molecule has 7 heteroatoms. The molecule has 0 aliphatic carbocycles. The molecule has 7 nitrogen and oxygen atoms in total. The monoisotopic (exact) mass is 278 g/mol. The fraction of sp³-hybridized carbons (Fsp3) is 0.462. The molecule has 0 saturated carbocycles. The van der Waals surface area contributed by atoms with Crippen LogP contribution < -0.4 is 10.6 Å². The van der Waals surface area contributed by atoms with Crippen LogP contribution in [0.1, 0.15) is 25.0 Å². The quantitative estimate of drug-likeness (QED) is 0.410. The van der Waals surface area contributed by atoms with Crippen molar-refractivity contribution < 1.29 is 14.7 Å². The summed E-state index contributed by atoms with van der Waals surface area (Å²) in [6.07, 6.45) is 10.5. The van der Waals surface area contributed by atoms with Crippen LogP contribution >= 0.6 is 0 Å². The molecular formula is C13H18N4O3. The lowest BCUT2D eigenvalue weighted by atomic mass is 10.2. The highest BCUT2D eigenvalue weighted by atomic mass is 16.4. The lowest BCUT2D eigenvalue weighted by Crippen LogP contribution is -2.47. The van der Waals surface area contributed by atoms with Gasteiger partial charge in [0, 0.05) is 31.3 Å². The first-order valence-electron chi connectivity index (χ1n) is 6.31. The van der Waals surface area contributed by atoms with Crippen molar-refractivity contribution in [1.29, 1.82) is 0 Å². The highest BCUT2D eigenvalue weighted by molar-refractivity contribution is 5.82. The summed E-state index contributed by atoms with van der Waals surface area (Å²) in [5.74, 6) is 1.42. The Kier molecular flexibility index (Phi) is 6.68. The minimum absolute atomic E-state index is 0.153. The second-order valence-electron chi connectivity index (χ2n) is 4.23. The number of aromatic nitrogens is 2. The molecule has 0 bridgehead atoms. The van der Waals surface area contributed by atoms with Crippen LogP contribution in [-0.4, -0.2) is 39.7 Å². The van der Waals surface area contributed by atoms with Crippen molar-refractivity contribution in [2.75, 3.05) is 6.54 Å². The number of carbonyl (C=O) groups excluding carboxylic acids is 1.